The second kappa shape index (κ2) is 24.4. The van der Waals surface area contributed by atoms with Crippen LogP contribution in [0.4, 0.5) is 4.79 Å². The number of aromatic nitrogens is 1. The molecule has 3 aliphatic heterocycles. The van der Waals surface area contributed by atoms with Crippen LogP contribution < -0.4 is 15.8 Å². The number of carbonyl (C=O) groups excluding carboxylic acids is 2. The van der Waals surface area contributed by atoms with Crippen LogP contribution in [0.3, 0.4) is 0 Å². The Morgan fingerprint density at radius 3 is 2.29 bits per heavy atom. The average molecular weight is 1060 g/mol. The van der Waals surface area contributed by atoms with Crippen molar-refractivity contribution in [2.45, 2.75) is 178 Å². The normalized spacial score (nSPS) is 37.3. The van der Waals surface area contributed by atoms with Gasteiger partial charge in [-0.1, -0.05) is 25.1 Å². The minimum Gasteiger partial charge on any atom is -0.477 e. The summed E-state index contributed by atoms with van der Waals surface area (Å²) in [5.74, 6) is -5.03. The molecule has 1 amide bonds. The van der Waals surface area contributed by atoms with Crippen molar-refractivity contribution < 1.29 is 83.0 Å². The second-order valence-electron chi connectivity index (χ2n) is 21.9. The van der Waals surface area contributed by atoms with Crippen LogP contribution in [0, 0.1) is 17.8 Å². The van der Waals surface area contributed by atoms with E-state index in [2.05, 4.69) is 10.5 Å². The third-order valence-corrected chi connectivity index (χ3v) is 15.7. The quantitative estimate of drug-likeness (QED) is 0.0549. The molecule has 23 nitrogen and oxygen atoms in total. The molecule has 0 radical (unpaired) electrons. The molecule has 0 spiro atoms. The predicted octanol–water partition coefficient (Wildman–Crippen LogP) is 2.37. The Morgan fingerprint density at radius 2 is 1.68 bits per heavy atom. The van der Waals surface area contributed by atoms with E-state index in [4.69, 9.17) is 37.9 Å². The van der Waals surface area contributed by atoms with Crippen molar-refractivity contribution >= 4 is 34.6 Å². The monoisotopic (exact) mass is 1060 g/mol. The number of benzene rings is 1. The fourth-order valence-electron chi connectivity index (χ4n) is 11.3. The molecule has 6 rings (SSSR count). The van der Waals surface area contributed by atoms with Crippen LogP contribution in [0.25, 0.3) is 10.9 Å². The SMILES string of the molecule is CO[C@]1(C)C[C@H](O[C@H]2[C@H](C)[C@@H](O[C@@H]3O[C@H](C)C[C@H](N(C)C)[C@H]3O)[C@](C)(O)C[C@@H](C)/C(=N\O)[C@@H](O)[C@@]3(O)CC[C@H]3OC(=O)[C@@H]2C)O[C@@H](C)[C@@H]1OC(=O)NCCOCCCc1ccc2c(c1)c(=O)c(C(=O)O)cn2N(C)C. The number of likely N-dealkylation sites (N-methyl/N-ethyl adjacent to an activating group) is 1. The van der Waals surface area contributed by atoms with Crippen LogP contribution in [0.5, 0.6) is 0 Å². The van der Waals surface area contributed by atoms with E-state index in [9.17, 15) is 49.9 Å². The lowest BCUT2D eigenvalue weighted by Crippen LogP contribution is -2.64. The number of ether oxygens (including phenoxy) is 8. The fraction of sp³-hybridized carbons (Fsp3) is 0.750. The molecule has 2 aromatic rings. The number of carbonyl (C=O) groups is 3. The van der Waals surface area contributed by atoms with E-state index in [0.717, 1.165) is 5.56 Å². The van der Waals surface area contributed by atoms with Gasteiger partial charge in [0.1, 0.15) is 35.1 Å². The number of aryl methyl sites for hydroxylation is 1. The summed E-state index contributed by atoms with van der Waals surface area (Å²) in [6, 6.07) is 4.98. The lowest BCUT2D eigenvalue weighted by Gasteiger charge is -2.49. The van der Waals surface area contributed by atoms with E-state index in [1.165, 1.54) is 20.2 Å². The molecule has 1 aromatic carbocycles. The zero-order valence-electron chi connectivity index (χ0n) is 45.3. The highest BCUT2D eigenvalue weighted by molar-refractivity contribution is 5.93. The predicted molar refractivity (Wildman–Crippen MR) is 271 cm³/mol. The number of pyridine rings is 1. The van der Waals surface area contributed by atoms with Gasteiger partial charge in [-0.25, -0.2) is 9.59 Å². The topological polar surface area (TPSA) is 299 Å². The maximum absolute atomic E-state index is 14.3. The Bertz CT molecular complexity index is 2400. The van der Waals surface area contributed by atoms with Crippen molar-refractivity contribution in [3.63, 3.8) is 0 Å². The first kappa shape index (κ1) is 59.7. The molecule has 4 aliphatic rings. The number of aliphatic hydroxyl groups excluding tert-OH is 2. The van der Waals surface area contributed by atoms with Crippen molar-refractivity contribution in [1.82, 2.24) is 14.9 Å². The van der Waals surface area contributed by atoms with E-state index < -0.39 is 113 Å². The van der Waals surface area contributed by atoms with Gasteiger partial charge in [0.2, 0.25) is 5.43 Å². The maximum Gasteiger partial charge on any atom is 0.407 e. The minimum absolute atomic E-state index is 0.0140. The van der Waals surface area contributed by atoms with Gasteiger partial charge >= 0.3 is 18.0 Å². The molecule has 422 valence electrons. The Balaban J connectivity index is 1.13. The largest absolute Gasteiger partial charge is 0.477 e. The van der Waals surface area contributed by atoms with Gasteiger partial charge in [-0.2, -0.15) is 0 Å². The number of fused-ring (bicyclic) bond motifs is 2. The molecule has 1 aromatic heterocycles. The van der Waals surface area contributed by atoms with E-state index in [0.29, 0.717) is 36.8 Å². The number of carboxylic acids is 1. The Morgan fingerprint density at radius 1 is 0.973 bits per heavy atom. The van der Waals surface area contributed by atoms with Gasteiger partial charge in [0.15, 0.2) is 18.7 Å². The highest BCUT2D eigenvalue weighted by Crippen LogP contribution is 2.44. The van der Waals surface area contributed by atoms with Crippen molar-refractivity contribution in [2.75, 3.05) is 60.1 Å². The number of carboxylic acid groups (broad SMARTS) is 1. The Kier molecular flexibility index (Phi) is 19.4. The summed E-state index contributed by atoms with van der Waals surface area (Å²) in [6.07, 6.45) is -8.87. The third kappa shape index (κ3) is 13.1. The molecule has 4 heterocycles. The number of esters is 1. The molecule has 3 saturated heterocycles. The number of rotatable bonds is 16. The lowest BCUT2D eigenvalue weighted by atomic mass is 9.69. The number of hydrogen-bond donors (Lipinski definition) is 7. The van der Waals surface area contributed by atoms with E-state index in [1.807, 2.05) is 32.0 Å². The summed E-state index contributed by atoms with van der Waals surface area (Å²) in [7, 11) is 8.61. The molecule has 1 aliphatic carbocycles. The zero-order chi connectivity index (χ0) is 55.5. The number of hydrogen-bond acceptors (Lipinski definition) is 20. The minimum atomic E-state index is -1.99. The van der Waals surface area contributed by atoms with Crippen molar-refractivity contribution in [3.8, 4) is 0 Å². The number of methoxy groups -OCH3 is 1. The molecule has 7 N–H and O–H groups in total. The number of amides is 1. The fourth-order valence-corrected chi connectivity index (χ4v) is 11.3. The van der Waals surface area contributed by atoms with Gasteiger partial charge in [0.25, 0.3) is 0 Å². The summed E-state index contributed by atoms with van der Waals surface area (Å²) in [5, 5.41) is 75.3. The zero-order valence-corrected chi connectivity index (χ0v) is 45.3. The number of nitrogens with one attached hydrogen (secondary N) is 1. The summed E-state index contributed by atoms with van der Waals surface area (Å²) in [5.41, 5.74) is -4.78. The van der Waals surface area contributed by atoms with Crippen LogP contribution in [-0.2, 0) is 49.1 Å². The molecule has 4 fully saturated rings. The Hall–Kier alpha value is -4.53. The molecular formula is C52H81N5O18. The highest BCUT2D eigenvalue weighted by atomic mass is 16.7. The molecule has 17 atom stereocenters. The molecular weight excluding hydrogens is 983 g/mol. The van der Waals surface area contributed by atoms with Crippen LogP contribution in [-0.4, -0.2) is 203 Å². The van der Waals surface area contributed by atoms with E-state index >= 15 is 0 Å². The molecule has 0 bridgehead atoms. The maximum atomic E-state index is 14.3. The number of aromatic carboxylic acids is 1. The summed E-state index contributed by atoms with van der Waals surface area (Å²) in [6.45, 7) is 12.3. The average Bonchev–Trinajstić information content (AvgIpc) is 3.34. The van der Waals surface area contributed by atoms with Crippen LogP contribution >= 0.6 is 0 Å². The number of oxime groups is 1. The smallest absolute Gasteiger partial charge is 0.407 e. The number of nitrogens with zero attached hydrogens (tertiary/aromatic N) is 4. The van der Waals surface area contributed by atoms with Gasteiger partial charge in [0, 0.05) is 70.2 Å². The van der Waals surface area contributed by atoms with Gasteiger partial charge in [-0.3, -0.25) is 14.3 Å². The van der Waals surface area contributed by atoms with E-state index in [1.54, 1.807) is 70.5 Å². The summed E-state index contributed by atoms with van der Waals surface area (Å²) in [4.78, 5) is 54.2. The molecule has 1 saturated carbocycles. The molecule has 0 unspecified atom stereocenters. The second-order valence-corrected chi connectivity index (χ2v) is 21.9. The third-order valence-electron chi connectivity index (χ3n) is 15.7. The van der Waals surface area contributed by atoms with Crippen LogP contribution in [0.15, 0.2) is 34.3 Å². The van der Waals surface area contributed by atoms with Gasteiger partial charge in [-0.15, -0.1) is 0 Å². The van der Waals surface area contributed by atoms with Crippen molar-refractivity contribution in [3.05, 3.63) is 45.7 Å². The van der Waals surface area contributed by atoms with Crippen molar-refractivity contribution in [1.29, 1.82) is 0 Å². The lowest BCUT2D eigenvalue weighted by molar-refractivity contribution is -0.317. The van der Waals surface area contributed by atoms with Gasteiger partial charge in [-0.05, 0) is 105 Å². The summed E-state index contributed by atoms with van der Waals surface area (Å²) >= 11 is 0. The standard InChI is InChI=1S/C52H81N5O18/c1-27-24-50(6,65)44(74-48-41(59)36(55(8)9)22-28(2)70-48)29(3)42(30(4)47(63)72-37-17-18-52(37,66)43(60)39(27)54-67)73-38-25-51(7,68-12)45(31(5)71-38)75-49(64)53-19-21-69-20-13-14-32-15-16-35-33(23-32)40(58)34(46(61)62)26-57(35)56(10)11/h15-16,23,26-31,36-38,41-45,48,59-60,65-67H,13-14,17-22,24-25H2,1-12H3,(H,53,64)(H,61,62)/b54-39+/t27-,28-,29+,30-,31+,36+,37-,38+,41-,42+,43-,44-,45+,48+,50-,51-,52-/m1/s1. The summed E-state index contributed by atoms with van der Waals surface area (Å²) < 4.78 is 51.3. The first-order chi connectivity index (χ1) is 35.2. The highest BCUT2D eigenvalue weighted by Gasteiger charge is 2.58. The molecule has 23 heteroatoms. The van der Waals surface area contributed by atoms with Gasteiger partial charge in [0.05, 0.1) is 53.8 Å². The van der Waals surface area contributed by atoms with Crippen LogP contribution in [0.1, 0.15) is 103 Å². The van der Waals surface area contributed by atoms with Crippen LogP contribution in [0.2, 0.25) is 0 Å². The van der Waals surface area contributed by atoms with Gasteiger partial charge < -0.3 is 83.9 Å². The van der Waals surface area contributed by atoms with Crippen molar-refractivity contribution in [2.24, 2.45) is 22.9 Å². The number of alkyl carbamates (subject to hydrolysis) is 1. The first-order valence-corrected chi connectivity index (χ1v) is 25.9. The van der Waals surface area contributed by atoms with E-state index in [-0.39, 0.29) is 62.3 Å². The Labute approximate surface area is 437 Å². The molecule has 75 heavy (non-hydrogen) atoms. The number of aliphatic hydroxyl groups is 4. The first-order valence-electron chi connectivity index (χ1n) is 25.9.